The van der Waals surface area contributed by atoms with Crippen LogP contribution in [0.25, 0.3) is 0 Å². The zero-order chi connectivity index (χ0) is 14.8. The van der Waals surface area contributed by atoms with Gasteiger partial charge in [-0.3, -0.25) is 4.79 Å². The van der Waals surface area contributed by atoms with Crippen LogP contribution >= 0.6 is 0 Å². The lowest BCUT2D eigenvalue weighted by Crippen LogP contribution is -2.41. The molecule has 0 spiro atoms. The first-order chi connectivity index (χ1) is 9.71. The Morgan fingerprint density at radius 3 is 2.60 bits per heavy atom. The second-order valence-corrected chi connectivity index (χ2v) is 5.94. The molecule has 3 nitrogen and oxygen atoms in total. The molecule has 0 heterocycles. The van der Waals surface area contributed by atoms with E-state index in [0.29, 0.717) is 6.61 Å². The fraction of sp³-hybridized carbons (Fsp3) is 0.941. The number of hydrogen-bond donors (Lipinski definition) is 0. The second-order valence-electron chi connectivity index (χ2n) is 5.94. The number of carbonyl (C=O) groups is 1. The maximum absolute atomic E-state index is 12.5. The molecule has 0 N–H and O–H groups in total. The summed E-state index contributed by atoms with van der Waals surface area (Å²) in [4.78, 5) is 12.5. The van der Waals surface area contributed by atoms with Gasteiger partial charge < -0.3 is 9.47 Å². The molecule has 0 saturated heterocycles. The summed E-state index contributed by atoms with van der Waals surface area (Å²) < 4.78 is 11.4. The molecular formula is C17H32O3. The van der Waals surface area contributed by atoms with E-state index in [1.807, 2.05) is 6.92 Å². The van der Waals surface area contributed by atoms with Gasteiger partial charge in [0.05, 0.1) is 18.1 Å². The van der Waals surface area contributed by atoms with Gasteiger partial charge in [0.1, 0.15) is 0 Å². The van der Waals surface area contributed by atoms with E-state index >= 15 is 0 Å². The summed E-state index contributed by atoms with van der Waals surface area (Å²) in [5.74, 6) is -0.0184. The van der Waals surface area contributed by atoms with Crippen molar-refractivity contribution in [1.29, 1.82) is 0 Å². The van der Waals surface area contributed by atoms with Crippen LogP contribution < -0.4 is 0 Å². The molecule has 0 bridgehead atoms. The van der Waals surface area contributed by atoms with Crippen molar-refractivity contribution in [3.05, 3.63) is 0 Å². The standard InChI is InChI=1S/C17H32O3/c1-4-7-8-9-12-17(16(18)19-6-3)13-10-11-15(17)20-14-5-2/h15H,4-14H2,1-3H3. The number of unbranched alkanes of at least 4 members (excludes halogenated alkanes) is 3. The minimum Gasteiger partial charge on any atom is -0.465 e. The van der Waals surface area contributed by atoms with Gasteiger partial charge in [-0.25, -0.2) is 0 Å². The summed E-state index contributed by atoms with van der Waals surface area (Å²) in [7, 11) is 0. The highest BCUT2D eigenvalue weighted by atomic mass is 16.5. The van der Waals surface area contributed by atoms with E-state index < -0.39 is 0 Å². The zero-order valence-corrected chi connectivity index (χ0v) is 13.6. The molecule has 0 aliphatic heterocycles. The molecule has 0 amide bonds. The van der Waals surface area contributed by atoms with E-state index in [2.05, 4.69) is 13.8 Å². The van der Waals surface area contributed by atoms with Crippen LogP contribution in [0.4, 0.5) is 0 Å². The number of ether oxygens (including phenoxy) is 2. The Bertz CT molecular complexity index is 277. The van der Waals surface area contributed by atoms with E-state index in [1.54, 1.807) is 0 Å². The maximum Gasteiger partial charge on any atom is 0.314 e. The van der Waals surface area contributed by atoms with Crippen molar-refractivity contribution in [3.8, 4) is 0 Å². The Hall–Kier alpha value is -0.570. The van der Waals surface area contributed by atoms with Gasteiger partial charge in [-0.05, 0) is 39.0 Å². The van der Waals surface area contributed by atoms with Crippen molar-refractivity contribution in [1.82, 2.24) is 0 Å². The Morgan fingerprint density at radius 1 is 1.15 bits per heavy atom. The third-order valence-electron chi connectivity index (χ3n) is 4.39. The van der Waals surface area contributed by atoms with Crippen molar-refractivity contribution < 1.29 is 14.3 Å². The topological polar surface area (TPSA) is 35.5 Å². The fourth-order valence-electron chi connectivity index (χ4n) is 3.31. The normalized spacial score (nSPS) is 25.9. The number of carbonyl (C=O) groups excluding carboxylic acids is 1. The first-order valence-electron chi connectivity index (χ1n) is 8.50. The molecule has 1 aliphatic carbocycles. The molecule has 2 atom stereocenters. The number of esters is 1. The van der Waals surface area contributed by atoms with Crippen LogP contribution in [0.1, 0.15) is 78.6 Å². The van der Waals surface area contributed by atoms with E-state index in [-0.39, 0.29) is 17.5 Å². The Labute approximate surface area is 124 Å². The van der Waals surface area contributed by atoms with Gasteiger partial charge in [0, 0.05) is 6.61 Å². The van der Waals surface area contributed by atoms with E-state index in [1.165, 1.54) is 19.3 Å². The molecule has 118 valence electrons. The van der Waals surface area contributed by atoms with Crippen molar-refractivity contribution in [2.75, 3.05) is 13.2 Å². The quantitative estimate of drug-likeness (QED) is 0.438. The average molecular weight is 284 g/mol. The van der Waals surface area contributed by atoms with Crippen LogP contribution in [-0.2, 0) is 14.3 Å². The molecule has 20 heavy (non-hydrogen) atoms. The van der Waals surface area contributed by atoms with Crippen molar-refractivity contribution in [2.24, 2.45) is 5.41 Å². The molecule has 0 radical (unpaired) electrons. The minimum absolute atomic E-state index is 0.0184. The van der Waals surface area contributed by atoms with Crippen LogP contribution in [0, 0.1) is 5.41 Å². The lowest BCUT2D eigenvalue weighted by atomic mass is 9.79. The third-order valence-corrected chi connectivity index (χ3v) is 4.39. The largest absolute Gasteiger partial charge is 0.465 e. The fourth-order valence-corrected chi connectivity index (χ4v) is 3.31. The van der Waals surface area contributed by atoms with Gasteiger partial charge >= 0.3 is 5.97 Å². The molecule has 1 saturated carbocycles. The molecule has 1 fully saturated rings. The lowest BCUT2D eigenvalue weighted by Gasteiger charge is -2.33. The third kappa shape index (κ3) is 4.47. The molecule has 3 heteroatoms. The molecular weight excluding hydrogens is 252 g/mol. The summed E-state index contributed by atoms with van der Waals surface area (Å²) in [6, 6.07) is 0. The van der Waals surface area contributed by atoms with Crippen LogP contribution in [0.2, 0.25) is 0 Å². The monoisotopic (exact) mass is 284 g/mol. The smallest absolute Gasteiger partial charge is 0.314 e. The van der Waals surface area contributed by atoms with Gasteiger partial charge in [-0.15, -0.1) is 0 Å². The summed E-state index contributed by atoms with van der Waals surface area (Å²) in [5, 5.41) is 0. The van der Waals surface area contributed by atoms with E-state index in [4.69, 9.17) is 9.47 Å². The SMILES string of the molecule is CCCCCCC1(C(=O)OCC)CCCC1OCCC. The summed E-state index contributed by atoms with van der Waals surface area (Å²) in [5.41, 5.74) is -0.362. The number of hydrogen-bond acceptors (Lipinski definition) is 3. The van der Waals surface area contributed by atoms with Gasteiger partial charge in [0.15, 0.2) is 0 Å². The molecule has 1 rings (SSSR count). The van der Waals surface area contributed by atoms with Crippen LogP contribution in [-0.4, -0.2) is 25.3 Å². The molecule has 1 aliphatic rings. The first-order valence-corrected chi connectivity index (χ1v) is 8.50. The van der Waals surface area contributed by atoms with Crippen molar-refractivity contribution in [3.63, 3.8) is 0 Å². The zero-order valence-electron chi connectivity index (χ0n) is 13.6. The minimum atomic E-state index is -0.362. The van der Waals surface area contributed by atoms with E-state index in [9.17, 15) is 4.79 Å². The van der Waals surface area contributed by atoms with Gasteiger partial charge in [-0.1, -0.05) is 39.5 Å². The molecule has 0 aromatic carbocycles. The number of rotatable bonds is 10. The Balaban J connectivity index is 2.68. The lowest BCUT2D eigenvalue weighted by molar-refractivity contribution is -0.164. The van der Waals surface area contributed by atoms with Crippen molar-refractivity contribution in [2.45, 2.75) is 84.7 Å². The van der Waals surface area contributed by atoms with Gasteiger partial charge in [-0.2, -0.15) is 0 Å². The predicted octanol–water partition coefficient (Wildman–Crippen LogP) is 4.49. The molecule has 0 aromatic heterocycles. The molecule has 0 aromatic rings. The van der Waals surface area contributed by atoms with Crippen LogP contribution in [0.5, 0.6) is 0 Å². The first kappa shape index (κ1) is 17.5. The second kappa shape index (κ2) is 9.38. The highest BCUT2D eigenvalue weighted by molar-refractivity contribution is 5.78. The maximum atomic E-state index is 12.5. The van der Waals surface area contributed by atoms with E-state index in [0.717, 1.165) is 45.1 Å². The Kier molecular flexibility index (Phi) is 8.20. The highest BCUT2D eigenvalue weighted by Gasteiger charge is 2.50. The summed E-state index contributed by atoms with van der Waals surface area (Å²) >= 11 is 0. The highest BCUT2D eigenvalue weighted by Crippen LogP contribution is 2.45. The van der Waals surface area contributed by atoms with Crippen LogP contribution in [0.15, 0.2) is 0 Å². The van der Waals surface area contributed by atoms with Gasteiger partial charge in [0.25, 0.3) is 0 Å². The average Bonchev–Trinajstić information content (AvgIpc) is 2.86. The predicted molar refractivity (Wildman–Crippen MR) is 81.7 cm³/mol. The summed E-state index contributed by atoms with van der Waals surface area (Å²) in [6.07, 6.45) is 9.83. The van der Waals surface area contributed by atoms with Crippen LogP contribution in [0.3, 0.4) is 0 Å². The Morgan fingerprint density at radius 2 is 1.95 bits per heavy atom. The van der Waals surface area contributed by atoms with Gasteiger partial charge in [0.2, 0.25) is 0 Å². The summed E-state index contributed by atoms with van der Waals surface area (Å²) in [6.45, 7) is 7.43. The van der Waals surface area contributed by atoms with Crippen molar-refractivity contribution >= 4 is 5.97 Å². The molecule has 2 unspecified atom stereocenters.